The maximum atomic E-state index is 13.4. The molecule has 114 valence electrons. The maximum absolute atomic E-state index is 13.4. The number of rotatable bonds is 4. The van der Waals surface area contributed by atoms with E-state index in [4.69, 9.17) is 18.0 Å². The first-order chi connectivity index (χ1) is 10.4. The zero-order valence-corrected chi connectivity index (χ0v) is 13.1. The van der Waals surface area contributed by atoms with E-state index in [-0.39, 0.29) is 9.88 Å². The summed E-state index contributed by atoms with van der Waals surface area (Å²) < 4.78 is 39.0. The van der Waals surface area contributed by atoms with Gasteiger partial charge in [-0.05, 0) is 29.8 Å². The van der Waals surface area contributed by atoms with Crippen LogP contribution in [-0.2, 0) is 9.84 Å². The molecular formula is C16H14FNO2S2. The Labute approximate surface area is 133 Å². The van der Waals surface area contributed by atoms with Crippen molar-refractivity contribution in [1.29, 1.82) is 0 Å². The van der Waals surface area contributed by atoms with Gasteiger partial charge in [0.2, 0.25) is 0 Å². The van der Waals surface area contributed by atoms with Crippen molar-refractivity contribution in [2.45, 2.75) is 16.1 Å². The fraction of sp³-hybridized carbons (Fsp3) is 0.188. The molecule has 22 heavy (non-hydrogen) atoms. The van der Waals surface area contributed by atoms with Gasteiger partial charge in [0, 0.05) is 11.8 Å². The molecule has 0 aromatic heterocycles. The summed E-state index contributed by atoms with van der Waals surface area (Å²) >= 11 is 5.01. The first-order valence-corrected chi connectivity index (χ1v) is 8.72. The molecule has 2 aromatic rings. The van der Waals surface area contributed by atoms with E-state index in [9.17, 15) is 12.8 Å². The van der Waals surface area contributed by atoms with Crippen LogP contribution < -0.4 is 5.73 Å². The summed E-state index contributed by atoms with van der Waals surface area (Å²) in [4.78, 5) is 0.388. The highest BCUT2D eigenvalue weighted by Crippen LogP contribution is 2.54. The van der Waals surface area contributed by atoms with Crippen molar-refractivity contribution in [3.63, 3.8) is 0 Å². The Morgan fingerprint density at radius 2 is 1.77 bits per heavy atom. The third kappa shape index (κ3) is 2.53. The highest BCUT2D eigenvalue weighted by Gasteiger charge is 2.60. The van der Waals surface area contributed by atoms with Crippen molar-refractivity contribution in [3.8, 4) is 0 Å². The molecule has 0 unspecified atom stereocenters. The van der Waals surface area contributed by atoms with E-state index < -0.39 is 32.7 Å². The molecule has 3 atom stereocenters. The Morgan fingerprint density at radius 3 is 2.36 bits per heavy atom. The fourth-order valence-electron chi connectivity index (χ4n) is 2.89. The first kappa shape index (κ1) is 15.1. The fourth-order valence-corrected chi connectivity index (χ4v) is 5.44. The summed E-state index contributed by atoms with van der Waals surface area (Å²) in [5.74, 6) is -1.25. The Bertz CT molecular complexity index is 821. The molecule has 0 saturated heterocycles. The molecular weight excluding hydrogens is 321 g/mol. The molecule has 2 N–H and O–H groups in total. The summed E-state index contributed by atoms with van der Waals surface area (Å²) in [7, 11) is -3.56. The number of hydrogen-bond donors (Lipinski definition) is 1. The first-order valence-electron chi connectivity index (χ1n) is 6.76. The van der Waals surface area contributed by atoms with Crippen LogP contribution in [-0.4, -0.2) is 18.7 Å². The van der Waals surface area contributed by atoms with E-state index in [2.05, 4.69) is 0 Å². The molecule has 0 spiro atoms. The molecule has 0 heterocycles. The number of benzene rings is 2. The van der Waals surface area contributed by atoms with Crippen LogP contribution in [0.25, 0.3) is 0 Å². The summed E-state index contributed by atoms with van der Waals surface area (Å²) in [6.07, 6.45) is 0. The maximum Gasteiger partial charge on any atom is 0.182 e. The van der Waals surface area contributed by atoms with E-state index in [1.165, 1.54) is 12.1 Å². The average Bonchev–Trinajstić information content (AvgIpc) is 3.25. The molecule has 1 fully saturated rings. The minimum absolute atomic E-state index is 0.152. The van der Waals surface area contributed by atoms with Crippen molar-refractivity contribution in [1.82, 2.24) is 0 Å². The zero-order chi connectivity index (χ0) is 15.9. The normalized spacial score (nSPS) is 24.0. The lowest BCUT2D eigenvalue weighted by molar-refractivity contribution is 0.593. The quantitative estimate of drug-likeness (QED) is 0.873. The second-order valence-corrected chi connectivity index (χ2v) is 7.91. The van der Waals surface area contributed by atoms with Crippen molar-refractivity contribution in [2.75, 3.05) is 0 Å². The Hall–Kier alpha value is -1.79. The highest BCUT2D eigenvalue weighted by atomic mass is 32.2. The van der Waals surface area contributed by atoms with Gasteiger partial charge in [-0.1, -0.05) is 42.5 Å². The predicted octanol–water partition coefficient (Wildman–Crippen LogP) is 2.67. The zero-order valence-electron chi connectivity index (χ0n) is 11.5. The molecule has 2 aromatic carbocycles. The van der Waals surface area contributed by atoms with Crippen molar-refractivity contribution >= 4 is 27.0 Å². The molecule has 0 aliphatic heterocycles. The average molecular weight is 335 g/mol. The Morgan fingerprint density at radius 1 is 1.09 bits per heavy atom. The topological polar surface area (TPSA) is 60.2 Å². The highest BCUT2D eigenvalue weighted by molar-refractivity contribution is 7.92. The van der Waals surface area contributed by atoms with Crippen LogP contribution in [0, 0.1) is 11.7 Å². The van der Waals surface area contributed by atoms with Crippen LogP contribution in [0.1, 0.15) is 11.5 Å². The van der Waals surface area contributed by atoms with E-state index in [1.54, 1.807) is 42.5 Å². The molecule has 6 heteroatoms. The molecule has 1 aliphatic carbocycles. The van der Waals surface area contributed by atoms with Gasteiger partial charge in [-0.25, -0.2) is 12.8 Å². The van der Waals surface area contributed by atoms with Crippen LogP contribution in [0.5, 0.6) is 0 Å². The summed E-state index contributed by atoms with van der Waals surface area (Å²) in [6, 6.07) is 14.1. The van der Waals surface area contributed by atoms with Crippen LogP contribution in [0.15, 0.2) is 59.5 Å². The lowest BCUT2D eigenvalue weighted by atomic mass is 10.1. The largest absolute Gasteiger partial charge is 0.393 e. The SMILES string of the molecule is NC(=S)[C@H]1[C@H](c2cccc(F)c2)[C@@H]1S(=O)(=O)c1ccccc1. The van der Waals surface area contributed by atoms with Crippen LogP contribution in [0.3, 0.4) is 0 Å². The minimum atomic E-state index is -3.56. The molecule has 1 aliphatic rings. The van der Waals surface area contributed by atoms with Gasteiger partial charge in [0.15, 0.2) is 9.84 Å². The number of hydrogen-bond acceptors (Lipinski definition) is 3. The van der Waals surface area contributed by atoms with Crippen LogP contribution in [0.4, 0.5) is 4.39 Å². The lowest BCUT2D eigenvalue weighted by Gasteiger charge is -2.04. The lowest BCUT2D eigenvalue weighted by Crippen LogP contribution is -2.17. The third-order valence-electron chi connectivity index (χ3n) is 3.95. The number of halogens is 1. The molecule has 0 radical (unpaired) electrons. The molecule has 0 amide bonds. The van der Waals surface area contributed by atoms with Gasteiger partial charge in [0.1, 0.15) is 5.82 Å². The molecule has 0 bridgehead atoms. The van der Waals surface area contributed by atoms with E-state index in [0.717, 1.165) is 0 Å². The minimum Gasteiger partial charge on any atom is -0.393 e. The van der Waals surface area contributed by atoms with Gasteiger partial charge < -0.3 is 5.73 Å². The van der Waals surface area contributed by atoms with Gasteiger partial charge in [0.05, 0.1) is 15.1 Å². The van der Waals surface area contributed by atoms with Crippen LogP contribution >= 0.6 is 12.2 Å². The third-order valence-corrected chi connectivity index (χ3v) is 6.45. The van der Waals surface area contributed by atoms with Crippen molar-refractivity contribution < 1.29 is 12.8 Å². The summed E-state index contributed by atoms with van der Waals surface area (Å²) in [6.45, 7) is 0. The summed E-state index contributed by atoms with van der Waals surface area (Å²) in [5, 5.41) is -0.728. The molecule has 3 rings (SSSR count). The number of thiocarbonyl (C=S) groups is 1. The second kappa shape index (κ2) is 5.44. The van der Waals surface area contributed by atoms with Gasteiger partial charge in [0.25, 0.3) is 0 Å². The van der Waals surface area contributed by atoms with E-state index in [1.807, 2.05) is 0 Å². The predicted molar refractivity (Wildman–Crippen MR) is 86.8 cm³/mol. The Kier molecular flexibility index (Phi) is 3.74. The van der Waals surface area contributed by atoms with E-state index in [0.29, 0.717) is 5.56 Å². The standard InChI is InChI=1S/C16H14FNO2S2/c17-11-6-4-5-10(9-11)13-14(16(18)21)15(13)22(19,20)12-7-2-1-3-8-12/h1-9,13-15H,(H2,18,21)/t13-,14-,15-/m0/s1. The van der Waals surface area contributed by atoms with Gasteiger partial charge in [-0.15, -0.1) is 0 Å². The van der Waals surface area contributed by atoms with Gasteiger partial charge in [-0.3, -0.25) is 0 Å². The smallest absolute Gasteiger partial charge is 0.182 e. The Balaban J connectivity index is 2.01. The second-order valence-electron chi connectivity index (χ2n) is 5.33. The number of sulfone groups is 1. The van der Waals surface area contributed by atoms with Crippen molar-refractivity contribution in [3.05, 3.63) is 66.0 Å². The van der Waals surface area contributed by atoms with Crippen LogP contribution in [0.2, 0.25) is 0 Å². The summed E-state index contributed by atoms with van der Waals surface area (Å²) in [5.41, 5.74) is 6.32. The van der Waals surface area contributed by atoms with E-state index >= 15 is 0 Å². The molecule has 1 saturated carbocycles. The molecule has 3 nitrogen and oxygen atoms in total. The van der Waals surface area contributed by atoms with Gasteiger partial charge >= 0.3 is 0 Å². The number of nitrogens with two attached hydrogens (primary N) is 1. The van der Waals surface area contributed by atoms with Crippen molar-refractivity contribution in [2.24, 2.45) is 11.7 Å². The monoisotopic (exact) mass is 335 g/mol. The van der Waals surface area contributed by atoms with Gasteiger partial charge in [-0.2, -0.15) is 0 Å².